The zero-order chi connectivity index (χ0) is 19.1. The Labute approximate surface area is 165 Å². The van der Waals surface area contributed by atoms with Crippen LogP contribution in [-0.4, -0.2) is 45.2 Å². The highest BCUT2D eigenvalue weighted by Crippen LogP contribution is 2.23. The minimum atomic E-state index is 0.0401. The molecule has 0 bridgehead atoms. The Kier molecular flexibility index (Phi) is 7.10. The van der Waals surface area contributed by atoms with Crippen molar-refractivity contribution >= 4 is 23.2 Å². The van der Waals surface area contributed by atoms with E-state index in [0.717, 1.165) is 49.2 Å². The van der Waals surface area contributed by atoms with Gasteiger partial charge in [-0.1, -0.05) is 35.9 Å². The number of quaternary nitrogens is 2. The van der Waals surface area contributed by atoms with Gasteiger partial charge in [-0.2, -0.15) is 0 Å². The number of hydrogen-bond donors (Lipinski definition) is 3. The number of halogens is 1. The smallest absolute Gasteiger partial charge is 0.279 e. The van der Waals surface area contributed by atoms with E-state index >= 15 is 0 Å². The third kappa shape index (κ3) is 5.96. The molecule has 6 heteroatoms. The topological polar surface area (TPSA) is 47.2 Å². The first-order valence-corrected chi connectivity index (χ1v) is 9.95. The number of carbonyl (C=O) groups excluding carboxylic acids is 1. The molecule has 2 aromatic carbocycles. The first-order valence-electron chi connectivity index (χ1n) is 9.57. The molecule has 1 aliphatic heterocycles. The van der Waals surface area contributed by atoms with Gasteiger partial charge in [0.05, 0.1) is 12.3 Å². The number of benzene rings is 2. The van der Waals surface area contributed by atoms with Crippen LogP contribution in [0.5, 0.6) is 5.75 Å². The quantitative estimate of drug-likeness (QED) is 0.651. The standard InChI is InChI=1S/C21H26ClN3O2/c1-2-27-20-6-4-3-5-19(20)23-21(26)16-25-13-11-24(12-14-25)15-17-7-9-18(22)10-8-17/h3-10H,2,11-16H2,1H3,(H,23,26)/p+2. The van der Waals surface area contributed by atoms with Crippen molar-refractivity contribution in [3.8, 4) is 5.75 Å². The van der Waals surface area contributed by atoms with Gasteiger partial charge in [-0.15, -0.1) is 0 Å². The van der Waals surface area contributed by atoms with E-state index in [1.165, 1.54) is 10.5 Å². The number of anilines is 1. The summed E-state index contributed by atoms with van der Waals surface area (Å²) in [5.41, 5.74) is 2.05. The number of hydrogen-bond acceptors (Lipinski definition) is 2. The molecule has 1 amide bonds. The van der Waals surface area contributed by atoms with Crippen molar-refractivity contribution in [2.24, 2.45) is 0 Å². The highest BCUT2D eigenvalue weighted by Gasteiger charge is 2.25. The summed E-state index contributed by atoms with van der Waals surface area (Å²) in [6.07, 6.45) is 0. The van der Waals surface area contributed by atoms with Crippen LogP contribution in [0.2, 0.25) is 5.02 Å². The molecule has 27 heavy (non-hydrogen) atoms. The van der Waals surface area contributed by atoms with Gasteiger partial charge in [-0.05, 0) is 31.2 Å². The van der Waals surface area contributed by atoms with E-state index in [2.05, 4.69) is 17.4 Å². The minimum Gasteiger partial charge on any atom is -0.492 e. The molecule has 0 saturated carbocycles. The Morgan fingerprint density at radius 2 is 1.70 bits per heavy atom. The summed E-state index contributed by atoms with van der Waals surface area (Å²) in [6.45, 7) is 8.17. The lowest BCUT2D eigenvalue weighted by Crippen LogP contribution is -3.28. The van der Waals surface area contributed by atoms with Crippen molar-refractivity contribution in [2.75, 3.05) is 44.6 Å². The van der Waals surface area contributed by atoms with Crippen molar-refractivity contribution in [3.05, 3.63) is 59.1 Å². The minimum absolute atomic E-state index is 0.0401. The molecule has 0 spiro atoms. The third-order valence-corrected chi connectivity index (χ3v) is 5.16. The molecule has 0 radical (unpaired) electrons. The number of ether oxygens (including phenoxy) is 1. The molecule has 1 saturated heterocycles. The second-order valence-corrected chi connectivity index (χ2v) is 7.39. The largest absolute Gasteiger partial charge is 0.492 e. The fourth-order valence-corrected chi connectivity index (χ4v) is 3.60. The van der Waals surface area contributed by atoms with Crippen LogP contribution in [0, 0.1) is 0 Å². The molecular formula is C21H28ClN3O2+2. The summed E-state index contributed by atoms with van der Waals surface area (Å²) >= 11 is 5.95. The lowest BCUT2D eigenvalue weighted by Gasteiger charge is -2.29. The Balaban J connectivity index is 1.45. The van der Waals surface area contributed by atoms with Crippen LogP contribution in [0.25, 0.3) is 0 Å². The number of para-hydroxylation sites is 2. The summed E-state index contributed by atoms with van der Waals surface area (Å²) in [5.74, 6) is 0.763. The third-order valence-electron chi connectivity index (χ3n) is 4.90. The molecular weight excluding hydrogens is 362 g/mol. The zero-order valence-corrected chi connectivity index (χ0v) is 16.5. The molecule has 2 aromatic rings. The molecule has 5 nitrogen and oxygen atoms in total. The number of nitrogens with one attached hydrogen (secondary N) is 3. The van der Waals surface area contributed by atoms with Crippen molar-refractivity contribution < 1.29 is 19.3 Å². The predicted octanol–water partition coefficient (Wildman–Crippen LogP) is 0.661. The Morgan fingerprint density at radius 1 is 1.04 bits per heavy atom. The van der Waals surface area contributed by atoms with Gasteiger partial charge >= 0.3 is 0 Å². The maximum absolute atomic E-state index is 12.4. The van der Waals surface area contributed by atoms with Crippen molar-refractivity contribution in [3.63, 3.8) is 0 Å². The van der Waals surface area contributed by atoms with Crippen LogP contribution in [-0.2, 0) is 11.3 Å². The van der Waals surface area contributed by atoms with Gasteiger partial charge < -0.3 is 19.9 Å². The molecule has 0 aromatic heterocycles. The molecule has 1 fully saturated rings. The average Bonchev–Trinajstić information content (AvgIpc) is 2.67. The monoisotopic (exact) mass is 389 g/mol. The first kappa shape index (κ1) is 19.7. The van der Waals surface area contributed by atoms with Gasteiger partial charge in [-0.3, -0.25) is 4.79 Å². The number of amides is 1. The highest BCUT2D eigenvalue weighted by molar-refractivity contribution is 6.30. The molecule has 3 rings (SSSR count). The second-order valence-electron chi connectivity index (χ2n) is 6.96. The lowest BCUT2D eigenvalue weighted by molar-refractivity contribution is -1.02. The van der Waals surface area contributed by atoms with Crippen LogP contribution >= 0.6 is 11.6 Å². The van der Waals surface area contributed by atoms with Gasteiger partial charge in [0, 0.05) is 10.6 Å². The van der Waals surface area contributed by atoms with E-state index in [-0.39, 0.29) is 5.91 Å². The van der Waals surface area contributed by atoms with E-state index in [9.17, 15) is 4.79 Å². The molecule has 0 atom stereocenters. The molecule has 0 aliphatic carbocycles. The molecule has 1 aliphatic rings. The lowest BCUT2D eigenvalue weighted by atomic mass is 10.2. The molecule has 1 heterocycles. The van der Waals surface area contributed by atoms with Crippen molar-refractivity contribution in [1.29, 1.82) is 0 Å². The summed E-state index contributed by atoms with van der Waals surface area (Å²) < 4.78 is 5.57. The van der Waals surface area contributed by atoms with E-state index < -0.39 is 0 Å². The van der Waals surface area contributed by atoms with E-state index in [1.807, 2.05) is 43.3 Å². The number of piperazine rings is 1. The van der Waals surface area contributed by atoms with E-state index in [1.54, 1.807) is 4.90 Å². The van der Waals surface area contributed by atoms with Gasteiger partial charge in [0.1, 0.15) is 38.5 Å². The first-order chi connectivity index (χ1) is 13.1. The van der Waals surface area contributed by atoms with Gasteiger partial charge in [0.25, 0.3) is 5.91 Å². The van der Waals surface area contributed by atoms with Gasteiger partial charge in [0.2, 0.25) is 0 Å². The van der Waals surface area contributed by atoms with Gasteiger partial charge in [-0.25, -0.2) is 0 Å². The second kappa shape index (κ2) is 9.74. The predicted molar refractivity (Wildman–Crippen MR) is 108 cm³/mol. The summed E-state index contributed by atoms with van der Waals surface area (Å²) in [6, 6.07) is 15.7. The maximum atomic E-state index is 12.4. The Hall–Kier alpha value is -2.08. The Bertz CT molecular complexity index is 743. The van der Waals surface area contributed by atoms with Crippen LogP contribution in [0.3, 0.4) is 0 Å². The van der Waals surface area contributed by atoms with Crippen LogP contribution < -0.4 is 19.9 Å². The van der Waals surface area contributed by atoms with E-state index in [0.29, 0.717) is 13.2 Å². The maximum Gasteiger partial charge on any atom is 0.279 e. The molecule has 144 valence electrons. The van der Waals surface area contributed by atoms with Crippen molar-refractivity contribution in [2.45, 2.75) is 13.5 Å². The SMILES string of the molecule is CCOc1ccccc1NC(=O)C[NH+]1CC[NH+](Cc2ccc(Cl)cc2)CC1. The van der Waals surface area contributed by atoms with Crippen LogP contribution in [0.1, 0.15) is 12.5 Å². The normalized spacial score (nSPS) is 19.5. The highest BCUT2D eigenvalue weighted by atomic mass is 35.5. The van der Waals surface area contributed by atoms with Crippen molar-refractivity contribution in [1.82, 2.24) is 0 Å². The molecule has 3 N–H and O–H groups in total. The van der Waals surface area contributed by atoms with Crippen LogP contribution in [0.15, 0.2) is 48.5 Å². The Morgan fingerprint density at radius 3 is 2.41 bits per heavy atom. The summed E-state index contributed by atoms with van der Waals surface area (Å²) in [7, 11) is 0. The average molecular weight is 390 g/mol. The molecule has 0 unspecified atom stereocenters. The fraction of sp³-hybridized carbons (Fsp3) is 0.381. The summed E-state index contributed by atoms with van der Waals surface area (Å²) in [5, 5.41) is 3.77. The summed E-state index contributed by atoms with van der Waals surface area (Å²) in [4.78, 5) is 15.3. The zero-order valence-electron chi connectivity index (χ0n) is 15.8. The fourth-order valence-electron chi connectivity index (χ4n) is 3.47. The van der Waals surface area contributed by atoms with Crippen LogP contribution in [0.4, 0.5) is 5.69 Å². The number of carbonyl (C=O) groups is 1. The van der Waals surface area contributed by atoms with E-state index in [4.69, 9.17) is 16.3 Å². The number of rotatable bonds is 7. The van der Waals surface area contributed by atoms with Gasteiger partial charge in [0.15, 0.2) is 6.54 Å².